The Morgan fingerprint density at radius 3 is 2.90 bits per heavy atom. The fourth-order valence-corrected chi connectivity index (χ4v) is 0.992. The number of rotatable bonds is 0. The lowest BCUT2D eigenvalue weighted by atomic mass is 10.3. The highest BCUT2D eigenvalue weighted by molar-refractivity contribution is 5.65. The third-order valence-corrected chi connectivity index (χ3v) is 1.51. The van der Waals surface area contributed by atoms with Crippen LogP contribution in [0.2, 0.25) is 0 Å². The van der Waals surface area contributed by atoms with Crippen LogP contribution in [0.15, 0.2) is 0 Å². The molecule has 1 aliphatic heterocycles. The number of morpholine rings is 1. The molecule has 1 heterocycles. The lowest BCUT2D eigenvalue weighted by molar-refractivity contribution is -0.0120. The van der Waals surface area contributed by atoms with Crippen molar-refractivity contribution in [3.05, 3.63) is 0 Å². The van der Waals surface area contributed by atoms with Gasteiger partial charge in [0.25, 0.3) is 0 Å². The quantitative estimate of drug-likeness (QED) is 0.536. The van der Waals surface area contributed by atoms with Gasteiger partial charge in [0.15, 0.2) is 0 Å². The molecule has 1 saturated heterocycles. The van der Waals surface area contributed by atoms with Gasteiger partial charge in [-0.25, -0.2) is 4.79 Å². The molecule has 1 fully saturated rings. The minimum atomic E-state index is -0.852. The van der Waals surface area contributed by atoms with E-state index in [1.54, 1.807) is 0 Å². The van der Waals surface area contributed by atoms with E-state index in [0.717, 1.165) is 0 Å². The lowest BCUT2D eigenvalue weighted by Crippen LogP contribution is -2.43. The van der Waals surface area contributed by atoms with Gasteiger partial charge in [0, 0.05) is 6.54 Å². The van der Waals surface area contributed by atoms with Gasteiger partial charge >= 0.3 is 6.09 Å². The molecule has 0 radical (unpaired) electrons. The second-order valence-corrected chi connectivity index (χ2v) is 2.41. The van der Waals surface area contributed by atoms with Crippen LogP contribution in [0.5, 0.6) is 0 Å². The Bertz CT molecular complexity index is 137. The van der Waals surface area contributed by atoms with Crippen molar-refractivity contribution in [3.63, 3.8) is 0 Å². The summed E-state index contributed by atoms with van der Waals surface area (Å²) < 4.78 is 5.15. The summed E-state index contributed by atoms with van der Waals surface area (Å²) in [6.07, 6.45) is -0.806. The second kappa shape index (κ2) is 2.88. The topological polar surface area (TPSA) is 49.8 Å². The minimum Gasteiger partial charge on any atom is -0.465 e. The number of amides is 1. The standard InChI is InChI=1S/C6H11NO3/c1-5-4-7(6(8)9)2-3-10-5/h5H,2-4H2,1H3,(H,8,9)/t5-/m1/s1. The van der Waals surface area contributed by atoms with E-state index in [4.69, 9.17) is 9.84 Å². The predicted octanol–water partition coefficient (Wildman–Crippen LogP) is 0.385. The Kier molecular flexibility index (Phi) is 2.11. The van der Waals surface area contributed by atoms with Gasteiger partial charge in [-0.1, -0.05) is 0 Å². The first kappa shape index (κ1) is 7.34. The van der Waals surface area contributed by atoms with Crippen LogP contribution in [-0.4, -0.2) is 41.9 Å². The fraction of sp³-hybridized carbons (Fsp3) is 0.833. The summed E-state index contributed by atoms with van der Waals surface area (Å²) in [5.74, 6) is 0. The van der Waals surface area contributed by atoms with Gasteiger partial charge in [-0.15, -0.1) is 0 Å². The molecule has 10 heavy (non-hydrogen) atoms. The predicted molar refractivity (Wildman–Crippen MR) is 35.0 cm³/mol. The maximum atomic E-state index is 10.4. The van der Waals surface area contributed by atoms with E-state index in [1.165, 1.54) is 4.90 Å². The summed E-state index contributed by atoms with van der Waals surface area (Å²) >= 11 is 0. The van der Waals surface area contributed by atoms with Gasteiger partial charge < -0.3 is 14.7 Å². The summed E-state index contributed by atoms with van der Waals surface area (Å²) in [4.78, 5) is 11.7. The van der Waals surface area contributed by atoms with Crippen molar-refractivity contribution >= 4 is 6.09 Å². The number of carboxylic acid groups (broad SMARTS) is 1. The molecule has 0 aromatic carbocycles. The normalized spacial score (nSPS) is 26.5. The molecule has 0 aromatic rings. The van der Waals surface area contributed by atoms with E-state index in [1.807, 2.05) is 6.92 Å². The van der Waals surface area contributed by atoms with E-state index in [2.05, 4.69) is 0 Å². The highest BCUT2D eigenvalue weighted by Crippen LogP contribution is 2.03. The zero-order valence-electron chi connectivity index (χ0n) is 5.91. The van der Waals surface area contributed by atoms with Gasteiger partial charge in [-0.2, -0.15) is 0 Å². The Morgan fingerprint density at radius 1 is 1.80 bits per heavy atom. The van der Waals surface area contributed by atoms with Crippen LogP contribution in [0, 0.1) is 0 Å². The average Bonchev–Trinajstić information content (AvgIpc) is 1.88. The number of carbonyl (C=O) groups is 1. The molecule has 0 saturated carbocycles. The third kappa shape index (κ3) is 1.60. The molecule has 0 aromatic heterocycles. The molecule has 1 rings (SSSR count). The van der Waals surface area contributed by atoms with Crippen molar-refractivity contribution in [1.82, 2.24) is 4.90 Å². The van der Waals surface area contributed by atoms with Crippen molar-refractivity contribution in [2.24, 2.45) is 0 Å². The molecule has 0 spiro atoms. The van der Waals surface area contributed by atoms with E-state index in [-0.39, 0.29) is 6.10 Å². The van der Waals surface area contributed by atoms with Gasteiger partial charge in [-0.3, -0.25) is 0 Å². The van der Waals surface area contributed by atoms with Crippen LogP contribution in [0.25, 0.3) is 0 Å². The van der Waals surface area contributed by atoms with Crippen LogP contribution in [-0.2, 0) is 4.74 Å². The Hall–Kier alpha value is -0.770. The molecule has 1 amide bonds. The van der Waals surface area contributed by atoms with Crippen molar-refractivity contribution in [3.8, 4) is 0 Å². The fourth-order valence-electron chi connectivity index (χ4n) is 0.992. The first-order valence-electron chi connectivity index (χ1n) is 3.29. The van der Waals surface area contributed by atoms with Crippen molar-refractivity contribution < 1.29 is 14.6 Å². The number of ether oxygens (including phenoxy) is 1. The van der Waals surface area contributed by atoms with E-state index < -0.39 is 6.09 Å². The number of hydrogen-bond acceptors (Lipinski definition) is 2. The molecule has 4 heteroatoms. The van der Waals surface area contributed by atoms with Gasteiger partial charge in [0.1, 0.15) is 0 Å². The zero-order valence-corrected chi connectivity index (χ0v) is 5.91. The molecular weight excluding hydrogens is 134 g/mol. The molecule has 4 nitrogen and oxygen atoms in total. The van der Waals surface area contributed by atoms with Crippen LogP contribution in [0.1, 0.15) is 6.92 Å². The maximum absolute atomic E-state index is 10.4. The largest absolute Gasteiger partial charge is 0.465 e. The first-order valence-corrected chi connectivity index (χ1v) is 3.29. The van der Waals surface area contributed by atoms with Crippen molar-refractivity contribution in [2.75, 3.05) is 19.7 Å². The molecule has 1 aliphatic rings. The van der Waals surface area contributed by atoms with Crippen LogP contribution < -0.4 is 0 Å². The van der Waals surface area contributed by atoms with Crippen molar-refractivity contribution in [2.45, 2.75) is 13.0 Å². The van der Waals surface area contributed by atoms with Crippen LogP contribution in [0.3, 0.4) is 0 Å². The van der Waals surface area contributed by atoms with Gasteiger partial charge in [0.05, 0.1) is 19.3 Å². The molecule has 58 valence electrons. The Morgan fingerprint density at radius 2 is 2.50 bits per heavy atom. The minimum absolute atomic E-state index is 0.0462. The smallest absolute Gasteiger partial charge is 0.407 e. The number of hydrogen-bond donors (Lipinski definition) is 1. The monoisotopic (exact) mass is 145 g/mol. The molecule has 1 atom stereocenters. The van der Waals surface area contributed by atoms with Crippen LogP contribution >= 0.6 is 0 Å². The SMILES string of the molecule is C[C@@H]1CN(C(=O)O)CCO1. The lowest BCUT2D eigenvalue weighted by Gasteiger charge is -2.28. The van der Waals surface area contributed by atoms with E-state index in [9.17, 15) is 4.79 Å². The molecule has 0 aliphatic carbocycles. The third-order valence-electron chi connectivity index (χ3n) is 1.51. The second-order valence-electron chi connectivity index (χ2n) is 2.41. The van der Waals surface area contributed by atoms with Crippen molar-refractivity contribution in [1.29, 1.82) is 0 Å². The Balaban J connectivity index is 2.39. The molecular formula is C6H11NO3. The number of nitrogens with zero attached hydrogens (tertiary/aromatic N) is 1. The van der Waals surface area contributed by atoms with E-state index in [0.29, 0.717) is 19.7 Å². The Labute approximate surface area is 59.4 Å². The summed E-state index contributed by atoms with van der Waals surface area (Å²) in [6.45, 7) is 3.39. The van der Waals surface area contributed by atoms with Crippen LogP contribution in [0.4, 0.5) is 4.79 Å². The summed E-state index contributed by atoms with van der Waals surface area (Å²) in [5, 5.41) is 8.53. The maximum Gasteiger partial charge on any atom is 0.407 e. The zero-order chi connectivity index (χ0) is 7.56. The van der Waals surface area contributed by atoms with Gasteiger partial charge in [-0.05, 0) is 6.92 Å². The highest BCUT2D eigenvalue weighted by Gasteiger charge is 2.19. The molecule has 0 unspecified atom stereocenters. The summed E-state index contributed by atoms with van der Waals surface area (Å²) in [6, 6.07) is 0. The first-order chi connectivity index (χ1) is 4.70. The average molecular weight is 145 g/mol. The van der Waals surface area contributed by atoms with E-state index >= 15 is 0 Å². The summed E-state index contributed by atoms with van der Waals surface area (Å²) in [7, 11) is 0. The highest BCUT2D eigenvalue weighted by atomic mass is 16.5. The van der Waals surface area contributed by atoms with Gasteiger partial charge in [0.2, 0.25) is 0 Å². The summed E-state index contributed by atoms with van der Waals surface area (Å²) in [5.41, 5.74) is 0. The molecule has 0 bridgehead atoms. The molecule has 1 N–H and O–H groups in total.